The lowest BCUT2D eigenvalue weighted by Crippen LogP contribution is -2.18. The molecule has 0 radical (unpaired) electrons. The van der Waals surface area contributed by atoms with Crippen molar-refractivity contribution in [2.24, 2.45) is 0 Å². The number of nitro benzene ring substituents is 1. The molecule has 0 heterocycles. The van der Waals surface area contributed by atoms with Gasteiger partial charge in [0.1, 0.15) is 10.6 Å². The van der Waals surface area contributed by atoms with Crippen molar-refractivity contribution in [2.45, 2.75) is 22.5 Å². The SMILES string of the molecule is CSC1(CNc2cccc(S(C)(=O)=O)c2[N+](=O)[O-])CC1. The highest BCUT2D eigenvalue weighted by molar-refractivity contribution is 8.00. The number of nitro groups is 1. The van der Waals surface area contributed by atoms with E-state index < -0.39 is 14.8 Å². The highest BCUT2D eigenvalue weighted by Crippen LogP contribution is 2.47. The van der Waals surface area contributed by atoms with Gasteiger partial charge in [-0.05, 0) is 31.2 Å². The van der Waals surface area contributed by atoms with Crippen molar-refractivity contribution in [3.63, 3.8) is 0 Å². The van der Waals surface area contributed by atoms with E-state index in [4.69, 9.17) is 0 Å². The van der Waals surface area contributed by atoms with Crippen LogP contribution in [0.25, 0.3) is 0 Å². The molecule has 1 aromatic carbocycles. The zero-order chi connectivity index (χ0) is 15.0. The summed E-state index contributed by atoms with van der Waals surface area (Å²) in [4.78, 5) is 10.3. The first-order chi connectivity index (χ1) is 9.29. The second kappa shape index (κ2) is 5.25. The molecule has 1 fully saturated rings. The molecule has 0 amide bonds. The molecule has 2 rings (SSSR count). The van der Waals surface area contributed by atoms with Gasteiger partial charge in [-0.2, -0.15) is 11.8 Å². The van der Waals surface area contributed by atoms with Crippen LogP contribution in [0.3, 0.4) is 0 Å². The molecule has 1 saturated carbocycles. The number of nitrogens with one attached hydrogen (secondary N) is 1. The first kappa shape index (κ1) is 15.1. The van der Waals surface area contributed by atoms with Crippen LogP contribution in [-0.2, 0) is 9.84 Å². The van der Waals surface area contributed by atoms with E-state index in [0.29, 0.717) is 6.54 Å². The van der Waals surface area contributed by atoms with Gasteiger partial charge < -0.3 is 5.32 Å². The Morgan fingerprint density at radius 3 is 2.55 bits per heavy atom. The van der Waals surface area contributed by atoms with E-state index >= 15 is 0 Å². The first-order valence-electron chi connectivity index (χ1n) is 6.06. The van der Waals surface area contributed by atoms with E-state index in [2.05, 4.69) is 5.32 Å². The summed E-state index contributed by atoms with van der Waals surface area (Å²) in [7, 11) is -3.63. The average Bonchev–Trinajstić information content (AvgIpc) is 3.15. The van der Waals surface area contributed by atoms with Gasteiger partial charge in [0.05, 0.1) is 4.92 Å². The van der Waals surface area contributed by atoms with Crippen LogP contribution in [-0.4, -0.2) is 37.1 Å². The smallest absolute Gasteiger partial charge is 0.310 e. The molecular formula is C12H16N2O4S2. The van der Waals surface area contributed by atoms with Crippen molar-refractivity contribution >= 4 is 33.0 Å². The molecule has 110 valence electrons. The van der Waals surface area contributed by atoms with Crippen molar-refractivity contribution in [3.05, 3.63) is 28.3 Å². The summed E-state index contributed by atoms with van der Waals surface area (Å²) in [6, 6.07) is 4.33. The maximum absolute atomic E-state index is 11.6. The van der Waals surface area contributed by atoms with E-state index in [0.717, 1.165) is 19.1 Å². The van der Waals surface area contributed by atoms with Crippen LogP contribution in [0.5, 0.6) is 0 Å². The Bertz CT molecular complexity index is 639. The zero-order valence-electron chi connectivity index (χ0n) is 11.3. The van der Waals surface area contributed by atoms with Gasteiger partial charge in [-0.3, -0.25) is 10.1 Å². The third kappa shape index (κ3) is 3.06. The van der Waals surface area contributed by atoms with Crippen molar-refractivity contribution in [1.29, 1.82) is 0 Å². The molecule has 0 atom stereocenters. The third-order valence-corrected chi connectivity index (χ3v) is 5.97. The number of para-hydroxylation sites is 1. The molecule has 1 N–H and O–H groups in total. The first-order valence-corrected chi connectivity index (χ1v) is 9.17. The number of thioether (sulfide) groups is 1. The maximum Gasteiger partial charge on any atom is 0.310 e. The molecule has 0 bridgehead atoms. The number of anilines is 1. The monoisotopic (exact) mass is 316 g/mol. The van der Waals surface area contributed by atoms with Gasteiger partial charge >= 0.3 is 5.69 Å². The second-order valence-corrected chi connectivity index (χ2v) is 8.18. The van der Waals surface area contributed by atoms with E-state index in [1.54, 1.807) is 17.8 Å². The Morgan fingerprint density at radius 2 is 2.10 bits per heavy atom. The van der Waals surface area contributed by atoms with Gasteiger partial charge in [-0.1, -0.05) is 6.07 Å². The topological polar surface area (TPSA) is 89.3 Å². The molecule has 0 aromatic heterocycles. The van der Waals surface area contributed by atoms with Crippen molar-refractivity contribution in [3.8, 4) is 0 Å². The zero-order valence-corrected chi connectivity index (χ0v) is 12.9. The number of nitrogens with zero attached hydrogens (tertiary/aromatic N) is 1. The molecule has 0 unspecified atom stereocenters. The predicted octanol–water partition coefficient (Wildman–Crippen LogP) is 2.31. The summed E-state index contributed by atoms with van der Waals surface area (Å²) in [5.74, 6) is 0. The number of hydrogen-bond acceptors (Lipinski definition) is 6. The van der Waals surface area contributed by atoms with Crippen LogP contribution in [0.1, 0.15) is 12.8 Å². The number of rotatable bonds is 6. The summed E-state index contributed by atoms with van der Waals surface area (Å²) in [5, 5.41) is 14.2. The highest BCUT2D eigenvalue weighted by Gasteiger charge is 2.42. The molecule has 1 aliphatic carbocycles. The van der Waals surface area contributed by atoms with E-state index in [9.17, 15) is 18.5 Å². The molecule has 20 heavy (non-hydrogen) atoms. The minimum Gasteiger partial charge on any atom is -0.378 e. The van der Waals surface area contributed by atoms with Gasteiger partial charge in [0.25, 0.3) is 0 Å². The van der Waals surface area contributed by atoms with E-state index in [1.165, 1.54) is 12.1 Å². The fourth-order valence-electron chi connectivity index (χ4n) is 2.00. The predicted molar refractivity (Wildman–Crippen MR) is 80.2 cm³/mol. The Morgan fingerprint density at radius 1 is 1.45 bits per heavy atom. The second-order valence-electron chi connectivity index (χ2n) is 4.92. The summed E-state index contributed by atoms with van der Waals surface area (Å²) < 4.78 is 23.4. The standard InChI is InChI=1S/C12H16N2O4S2/c1-19-12(6-7-12)8-13-9-4-3-5-10(20(2,17)18)11(9)14(15)16/h3-5,13H,6-8H2,1-2H3. The molecule has 0 spiro atoms. The van der Waals surface area contributed by atoms with Gasteiger partial charge in [0.15, 0.2) is 9.84 Å². The lowest BCUT2D eigenvalue weighted by Gasteiger charge is -2.15. The van der Waals surface area contributed by atoms with E-state index in [1.807, 2.05) is 6.26 Å². The van der Waals surface area contributed by atoms with Gasteiger partial charge in [-0.25, -0.2) is 8.42 Å². The lowest BCUT2D eigenvalue weighted by atomic mass is 10.2. The minimum absolute atomic E-state index is 0.134. The van der Waals surface area contributed by atoms with Gasteiger partial charge in [0, 0.05) is 17.5 Å². The largest absolute Gasteiger partial charge is 0.378 e. The molecule has 6 nitrogen and oxygen atoms in total. The molecule has 1 aliphatic rings. The fraction of sp³-hybridized carbons (Fsp3) is 0.500. The van der Waals surface area contributed by atoms with Crippen molar-refractivity contribution in [1.82, 2.24) is 0 Å². The van der Waals surface area contributed by atoms with Crippen LogP contribution in [0, 0.1) is 10.1 Å². The molecule has 1 aromatic rings. The summed E-state index contributed by atoms with van der Waals surface area (Å²) in [6.07, 6.45) is 5.13. The minimum atomic E-state index is -3.63. The van der Waals surface area contributed by atoms with Crippen LogP contribution in [0.15, 0.2) is 23.1 Å². The third-order valence-electron chi connectivity index (χ3n) is 3.42. The average molecular weight is 316 g/mol. The van der Waals surface area contributed by atoms with Crippen LogP contribution in [0.2, 0.25) is 0 Å². The van der Waals surface area contributed by atoms with Crippen LogP contribution >= 0.6 is 11.8 Å². The Labute approximate surface area is 122 Å². The molecule has 8 heteroatoms. The Kier molecular flexibility index (Phi) is 3.97. The van der Waals surface area contributed by atoms with Gasteiger partial charge in [0.2, 0.25) is 0 Å². The highest BCUT2D eigenvalue weighted by atomic mass is 32.2. The molecular weight excluding hydrogens is 300 g/mol. The van der Waals surface area contributed by atoms with E-state index in [-0.39, 0.29) is 21.0 Å². The van der Waals surface area contributed by atoms with Gasteiger partial charge in [-0.15, -0.1) is 0 Å². The number of hydrogen-bond donors (Lipinski definition) is 1. The maximum atomic E-state index is 11.6. The lowest BCUT2D eigenvalue weighted by molar-refractivity contribution is -0.386. The van der Waals surface area contributed by atoms with Crippen LogP contribution in [0.4, 0.5) is 11.4 Å². The quantitative estimate of drug-likeness (QED) is 0.640. The Balaban J connectivity index is 2.35. The van der Waals surface area contributed by atoms with Crippen molar-refractivity contribution < 1.29 is 13.3 Å². The summed E-state index contributed by atoms with van der Waals surface area (Å²) >= 11 is 1.73. The summed E-state index contributed by atoms with van der Waals surface area (Å²) in [5.41, 5.74) is -0.106. The molecule has 0 saturated heterocycles. The Hall–Kier alpha value is -1.28. The van der Waals surface area contributed by atoms with Crippen molar-refractivity contribution in [2.75, 3.05) is 24.4 Å². The number of benzene rings is 1. The fourth-order valence-corrected chi connectivity index (χ4v) is 3.59. The van der Waals surface area contributed by atoms with Crippen LogP contribution < -0.4 is 5.32 Å². The summed E-state index contributed by atoms with van der Waals surface area (Å²) in [6.45, 7) is 0.599. The molecule has 0 aliphatic heterocycles. The normalized spacial score (nSPS) is 16.7. The number of sulfone groups is 1.